The van der Waals surface area contributed by atoms with Gasteiger partial charge in [-0.25, -0.2) is 0 Å². The average Bonchev–Trinajstić information content (AvgIpc) is 2.37. The van der Waals surface area contributed by atoms with Crippen LogP contribution in [0.1, 0.15) is 36.7 Å². The van der Waals surface area contributed by atoms with Gasteiger partial charge in [0.05, 0.1) is 16.9 Å². The van der Waals surface area contributed by atoms with Crippen molar-refractivity contribution in [3.8, 4) is 6.07 Å². The second kappa shape index (κ2) is 5.58. The van der Waals surface area contributed by atoms with Crippen LogP contribution < -0.4 is 10.6 Å². The average molecular weight is 258 g/mol. The maximum Gasteiger partial charge on any atom is 0.103 e. The molecule has 0 spiro atoms. The third-order valence-corrected chi connectivity index (χ3v) is 4.09. The van der Waals surface area contributed by atoms with Crippen LogP contribution >= 0.6 is 0 Å². The Hall–Kier alpha value is -1.60. The van der Waals surface area contributed by atoms with Gasteiger partial charge in [0.2, 0.25) is 0 Å². The highest BCUT2D eigenvalue weighted by atomic mass is 15.2. The smallest absolute Gasteiger partial charge is 0.103 e. The summed E-state index contributed by atoms with van der Waals surface area (Å²) in [5, 5.41) is 9.40. The van der Waals surface area contributed by atoms with E-state index in [1.807, 2.05) is 19.9 Å². The quantitative estimate of drug-likeness (QED) is 0.882. The molecule has 1 aliphatic rings. The molecule has 2 unspecified atom stereocenters. The summed E-state index contributed by atoms with van der Waals surface area (Å²) in [4.78, 5) is 6.70. The number of aryl methyl sites for hydroxylation is 2. The lowest BCUT2D eigenvalue weighted by Crippen LogP contribution is -2.49. The van der Waals surface area contributed by atoms with Gasteiger partial charge in [-0.05, 0) is 38.7 Å². The Kier molecular flexibility index (Phi) is 4.06. The number of nitrogens with two attached hydrogens (primary N) is 1. The molecule has 4 nitrogen and oxygen atoms in total. The fourth-order valence-electron chi connectivity index (χ4n) is 3.08. The lowest BCUT2D eigenvalue weighted by atomic mass is 9.89. The second-order valence-corrected chi connectivity index (χ2v) is 5.47. The van der Waals surface area contributed by atoms with Gasteiger partial charge in [0.15, 0.2) is 0 Å². The first-order valence-corrected chi connectivity index (χ1v) is 6.93. The molecule has 1 aliphatic heterocycles. The standard InChI is InChI=1S/C15H22N4/c1-10-5-4-6-19(15(10)9-17)14-7-11(2)18-12(3)13(14)8-16/h7,10,15H,4-6,9,17H2,1-3H3. The van der Waals surface area contributed by atoms with Gasteiger partial charge in [-0.1, -0.05) is 6.92 Å². The predicted octanol–water partition coefficient (Wildman–Crippen LogP) is 2.13. The Labute approximate surface area is 115 Å². The van der Waals surface area contributed by atoms with E-state index in [0.29, 0.717) is 24.1 Å². The van der Waals surface area contributed by atoms with Crippen molar-refractivity contribution in [2.24, 2.45) is 11.7 Å². The summed E-state index contributed by atoms with van der Waals surface area (Å²) in [6.07, 6.45) is 2.37. The van der Waals surface area contributed by atoms with Crippen LogP contribution in [-0.4, -0.2) is 24.1 Å². The molecule has 102 valence electrons. The van der Waals surface area contributed by atoms with Gasteiger partial charge in [0.25, 0.3) is 0 Å². The first kappa shape index (κ1) is 13.8. The summed E-state index contributed by atoms with van der Waals surface area (Å²) in [7, 11) is 0. The molecule has 0 radical (unpaired) electrons. The summed E-state index contributed by atoms with van der Waals surface area (Å²) in [6, 6.07) is 4.64. The molecule has 19 heavy (non-hydrogen) atoms. The lowest BCUT2D eigenvalue weighted by molar-refractivity contribution is 0.349. The van der Waals surface area contributed by atoms with Gasteiger partial charge in [0, 0.05) is 24.8 Å². The summed E-state index contributed by atoms with van der Waals surface area (Å²) in [5.74, 6) is 0.569. The van der Waals surface area contributed by atoms with Gasteiger partial charge < -0.3 is 10.6 Å². The van der Waals surface area contributed by atoms with Gasteiger partial charge >= 0.3 is 0 Å². The summed E-state index contributed by atoms with van der Waals surface area (Å²) in [5.41, 5.74) is 9.42. The molecule has 1 aromatic rings. The van der Waals surface area contributed by atoms with Crippen LogP contribution in [0.2, 0.25) is 0 Å². The van der Waals surface area contributed by atoms with Crippen molar-refractivity contribution < 1.29 is 0 Å². The van der Waals surface area contributed by atoms with Crippen molar-refractivity contribution in [2.75, 3.05) is 18.0 Å². The van der Waals surface area contributed by atoms with Crippen LogP contribution in [0.15, 0.2) is 6.07 Å². The minimum Gasteiger partial charge on any atom is -0.366 e. The Morgan fingerprint density at radius 3 is 2.89 bits per heavy atom. The summed E-state index contributed by atoms with van der Waals surface area (Å²) >= 11 is 0. The van der Waals surface area contributed by atoms with Crippen molar-refractivity contribution in [1.29, 1.82) is 5.26 Å². The Balaban J connectivity index is 2.48. The van der Waals surface area contributed by atoms with E-state index in [1.165, 1.54) is 6.42 Å². The fraction of sp³-hybridized carbons (Fsp3) is 0.600. The first-order valence-electron chi connectivity index (χ1n) is 6.93. The highest BCUT2D eigenvalue weighted by Gasteiger charge is 2.29. The zero-order valence-electron chi connectivity index (χ0n) is 12.0. The van der Waals surface area contributed by atoms with Crippen molar-refractivity contribution in [3.05, 3.63) is 23.0 Å². The van der Waals surface area contributed by atoms with Crippen molar-refractivity contribution >= 4 is 5.69 Å². The van der Waals surface area contributed by atoms with Gasteiger partial charge in [-0.15, -0.1) is 0 Å². The van der Waals surface area contributed by atoms with E-state index in [9.17, 15) is 5.26 Å². The minimum absolute atomic E-state index is 0.321. The van der Waals surface area contributed by atoms with E-state index < -0.39 is 0 Å². The van der Waals surface area contributed by atoms with E-state index in [1.54, 1.807) is 0 Å². The van der Waals surface area contributed by atoms with Crippen molar-refractivity contribution in [1.82, 2.24) is 4.98 Å². The van der Waals surface area contributed by atoms with Crippen LogP contribution in [-0.2, 0) is 0 Å². The van der Waals surface area contributed by atoms with Crippen LogP contribution in [0.25, 0.3) is 0 Å². The number of pyridine rings is 1. The third kappa shape index (κ3) is 2.57. The van der Waals surface area contributed by atoms with Crippen LogP contribution in [0.5, 0.6) is 0 Å². The van der Waals surface area contributed by atoms with E-state index in [0.717, 1.165) is 30.0 Å². The summed E-state index contributed by atoms with van der Waals surface area (Å²) < 4.78 is 0. The topological polar surface area (TPSA) is 65.9 Å². The highest BCUT2D eigenvalue weighted by molar-refractivity contribution is 5.62. The molecule has 0 aromatic carbocycles. The molecule has 1 fully saturated rings. The van der Waals surface area contributed by atoms with E-state index in [4.69, 9.17) is 5.73 Å². The number of anilines is 1. The minimum atomic E-state index is 0.321. The molecular formula is C15H22N4. The maximum absolute atomic E-state index is 9.40. The second-order valence-electron chi connectivity index (χ2n) is 5.47. The van der Waals surface area contributed by atoms with E-state index in [-0.39, 0.29) is 0 Å². The first-order chi connectivity index (χ1) is 9.08. The molecule has 1 aromatic heterocycles. The number of nitriles is 1. The zero-order valence-corrected chi connectivity index (χ0v) is 12.0. The predicted molar refractivity (Wildman–Crippen MR) is 77.0 cm³/mol. The van der Waals surface area contributed by atoms with Crippen molar-refractivity contribution in [2.45, 2.75) is 39.7 Å². The third-order valence-electron chi connectivity index (χ3n) is 4.09. The van der Waals surface area contributed by atoms with Gasteiger partial charge in [0.1, 0.15) is 6.07 Å². The Morgan fingerprint density at radius 1 is 1.53 bits per heavy atom. The lowest BCUT2D eigenvalue weighted by Gasteiger charge is -2.41. The van der Waals surface area contributed by atoms with Crippen molar-refractivity contribution in [3.63, 3.8) is 0 Å². The molecule has 2 rings (SSSR count). The van der Waals surface area contributed by atoms with Gasteiger partial charge in [-0.3, -0.25) is 4.98 Å². The number of hydrogen-bond acceptors (Lipinski definition) is 4. The molecule has 0 aliphatic carbocycles. The van der Waals surface area contributed by atoms with Crippen LogP contribution in [0.4, 0.5) is 5.69 Å². The largest absolute Gasteiger partial charge is 0.366 e. The molecule has 4 heteroatoms. The molecule has 2 heterocycles. The summed E-state index contributed by atoms with van der Waals surface area (Å²) in [6.45, 7) is 7.73. The fourth-order valence-corrected chi connectivity index (χ4v) is 3.08. The Morgan fingerprint density at radius 2 is 2.26 bits per heavy atom. The molecule has 1 saturated heterocycles. The molecular weight excluding hydrogens is 236 g/mol. The highest BCUT2D eigenvalue weighted by Crippen LogP contribution is 2.31. The molecule has 0 amide bonds. The number of aromatic nitrogens is 1. The van der Waals surface area contributed by atoms with Crippen LogP contribution in [0.3, 0.4) is 0 Å². The molecule has 2 N–H and O–H groups in total. The number of hydrogen-bond donors (Lipinski definition) is 1. The van der Waals surface area contributed by atoms with E-state index >= 15 is 0 Å². The van der Waals surface area contributed by atoms with E-state index in [2.05, 4.69) is 22.9 Å². The molecule has 0 bridgehead atoms. The van der Waals surface area contributed by atoms with Crippen LogP contribution in [0, 0.1) is 31.1 Å². The normalized spacial score (nSPS) is 23.2. The monoisotopic (exact) mass is 258 g/mol. The maximum atomic E-state index is 9.40. The van der Waals surface area contributed by atoms with Gasteiger partial charge in [-0.2, -0.15) is 5.26 Å². The number of nitrogens with zero attached hydrogens (tertiary/aromatic N) is 3. The number of rotatable bonds is 2. The molecule has 2 atom stereocenters. The number of piperidine rings is 1. The Bertz CT molecular complexity index is 504. The zero-order chi connectivity index (χ0) is 14.0. The molecule has 0 saturated carbocycles. The SMILES string of the molecule is Cc1cc(N2CCCC(C)C2CN)c(C#N)c(C)n1.